The molecule has 1 aliphatic rings. The van der Waals surface area contributed by atoms with Gasteiger partial charge in [0.05, 0.1) is 6.20 Å². The van der Waals surface area contributed by atoms with Gasteiger partial charge in [-0.15, -0.1) is 11.8 Å². The highest BCUT2D eigenvalue weighted by molar-refractivity contribution is 7.99. The van der Waals surface area contributed by atoms with Gasteiger partial charge in [-0.2, -0.15) is 0 Å². The van der Waals surface area contributed by atoms with Gasteiger partial charge in [0.15, 0.2) is 0 Å². The van der Waals surface area contributed by atoms with E-state index in [0.717, 1.165) is 23.2 Å². The van der Waals surface area contributed by atoms with Gasteiger partial charge in [-0.3, -0.25) is 4.98 Å². The molecule has 1 saturated heterocycles. The minimum atomic E-state index is 0.802. The molecular weight excluding hydrogens is 194 g/mol. The van der Waals surface area contributed by atoms with Crippen LogP contribution in [0.2, 0.25) is 0 Å². The van der Waals surface area contributed by atoms with Crippen LogP contribution in [0.4, 0.5) is 0 Å². The average molecular weight is 209 g/mol. The van der Waals surface area contributed by atoms with Crippen molar-refractivity contribution in [1.82, 2.24) is 15.3 Å². The quantitative estimate of drug-likeness (QED) is 0.767. The van der Waals surface area contributed by atoms with Crippen LogP contribution in [0.3, 0.4) is 0 Å². The lowest BCUT2D eigenvalue weighted by molar-refractivity contribution is 0.410. The maximum absolute atomic E-state index is 4.24. The van der Waals surface area contributed by atoms with Gasteiger partial charge in [0.25, 0.3) is 0 Å². The molecule has 76 valence electrons. The van der Waals surface area contributed by atoms with Crippen molar-refractivity contribution in [2.75, 3.05) is 18.8 Å². The minimum absolute atomic E-state index is 0.802. The fraction of sp³-hybridized carbons (Fsp3) is 0.600. The lowest BCUT2D eigenvalue weighted by Crippen LogP contribution is -2.30. The zero-order valence-electron chi connectivity index (χ0n) is 8.15. The van der Waals surface area contributed by atoms with Crippen LogP contribution in [0.25, 0.3) is 0 Å². The molecule has 1 N–H and O–H groups in total. The normalized spacial score (nSPS) is 22.1. The molecule has 1 aromatic rings. The van der Waals surface area contributed by atoms with Crippen molar-refractivity contribution >= 4 is 11.8 Å². The zero-order valence-corrected chi connectivity index (χ0v) is 8.96. The van der Waals surface area contributed by atoms with E-state index in [-0.39, 0.29) is 0 Å². The molecule has 0 amide bonds. The summed E-state index contributed by atoms with van der Waals surface area (Å²) < 4.78 is 0. The fourth-order valence-corrected chi connectivity index (χ4v) is 2.59. The summed E-state index contributed by atoms with van der Waals surface area (Å²) in [4.78, 5) is 8.29. The van der Waals surface area contributed by atoms with E-state index >= 15 is 0 Å². The Morgan fingerprint density at radius 3 is 3.21 bits per heavy atom. The first kappa shape index (κ1) is 9.93. The molecule has 1 atom stereocenters. The second-order valence-electron chi connectivity index (χ2n) is 3.57. The molecule has 2 rings (SSSR count). The molecule has 2 heterocycles. The molecule has 0 aromatic carbocycles. The molecule has 1 aliphatic heterocycles. The Morgan fingerprint density at radius 2 is 2.50 bits per heavy atom. The summed E-state index contributed by atoms with van der Waals surface area (Å²) in [6, 6.07) is 0. The number of piperidine rings is 1. The third-order valence-electron chi connectivity index (χ3n) is 2.41. The van der Waals surface area contributed by atoms with Crippen LogP contribution in [-0.4, -0.2) is 28.8 Å². The Morgan fingerprint density at radius 1 is 1.50 bits per heavy atom. The van der Waals surface area contributed by atoms with Gasteiger partial charge in [0.2, 0.25) is 0 Å². The summed E-state index contributed by atoms with van der Waals surface area (Å²) in [5.41, 5.74) is 0. The lowest BCUT2D eigenvalue weighted by Gasteiger charge is -2.21. The van der Waals surface area contributed by atoms with Crippen molar-refractivity contribution in [2.24, 2.45) is 5.92 Å². The first-order valence-electron chi connectivity index (χ1n) is 5.04. The minimum Gasteiger partial charge on any atom is -0.316 e. The first-order chi connectivity index (χ1) is 6.95. The fourth-order valence-electron chi connectivity index (χ4n) is 1.63. The number of hydrogen-bond acceptors (Lipinski definition) is 4. The van der Waals surface area contributed by atoms with Crippen molar-refractivity contribution < 1.29 is 0 Å². The number of nitrogens with zero attached hydrogens (tertiary/aromatic N) is 2. The Kier molecular flexibility index (Phi) is 3.77. The molecule has 0 spiro atoms. The molecule has 0 saturated carbocycles. The van der Waals surface area contributed by atoms with Crippen molar-refractivity contribution in [2.45, 2.75) is 17.9 Å². The average Bonchev–Trinajstić information content (AvgIpc) is 2.29. The molecule has 14 heavy (non-hydrogen) atoms. The predicted octanol–water partition coefficient (Wildman–Crippen LogP) is 1.57. The molecule has 0 aliphatic carbocycles. The van der Waals surface area contributed by atoms with Crippen LogP contribution < -0.4 is 5.32 Å². The van der Waals surface area contributed by atoms with Crippen molar-refractivity contribution in [1.29, 1.82) is 0 Å². The highest BCUT2D eigenvalue weighted by Crippen LogP contribution is 2.21. The topological polar surface area (TPSA) is 37.8 Å². The largest absolute Gasteiger partial charge is 0.316 e. The van der Waals surface area contributed by atoms with E-state index in [0.29, 0.717) is 0 Å². The van der Waals surface area contributed by atoms with E-state index in [2.05, 4.69) is 15.3 Å². The molecule has 1 aromatic heterocycles. The summed E-state index contributed by atoms with van der Waals surface area (Å²) >= 11 is 1.81. The van der Waals surface area contributed by atoms with E-state index in [1.165, 1.54) is 19.4 Å². The summed E-state index contributed by atoms with van der Waals surface area (Å²) in [6.45, 7) is 2.35. The molecule has 0 bridgehead atoms. The van der Waals surface area contributed by atoms with Gasteiger partial charge in [0, 0.05) is 18.1 Å². The molecule has 1 fully saturated rings. The van der Waals surface area contributed by atoms with Crippen molar-refractivity contribution in [3.63, 3.8) is 0 Å². The Hall–Kier alpha value is -0.610. The summed E-state index contributed by atoms with van der Waals surface area (Å²) in [5, 5.41) is 4.46. The van der Waals surface area contributed by atoms with Gasteiger partial charge in [-0.25, -0.2) is 4.98 Å². The van der Waals surface area contributed by atoms with Crippen LogP contribution in [0.1, 0.15) is 12.8 Å². The van der Waals surface area contributed by atoms with Crippen molar-refractivity contribution in [3.8, 4) is 0 Å². The van der Waals surface area contributed by atoms with Gasteiger partial charge in [-0.05, 0) is 31.8 Å². The lowest BCUT2D eigenvalue weighted by atomic mass is 10.0. The standard InChI is InChI=1S/C10H15N3S/c1-2-9(6-11-3-1)8-14-10-7-12-4-5-13-10/h4-5,7,9,11H,1-3,6,8H2/t9-/m0/s1. The highest BCUT2D eigenvalue weighted by atomic mass is 32.2. The maximum Gasteiger partial charge on any atom is 0.114 e. The molecule has 0 radical (unpaired) electrons. The molecule has 3 nitrogen and oxygen atoms in total. The van der Waals surface area contributed by atoms with E-state index < -0.39 is 0 Å². The summed E-state index contributed by atoms with van der Waals surface area (Å²) in [5.74, 6) is 1.96. The Balaban J connectivity index is 1.76. The smallest absolute Gasteiger partial charge is 0.114 e. The van der Waals surface area contributed by atoms with Crippen LogP contribution in [-0.2, 0) is 0 Å². The second-order valence-corrected chi connectivity index (χ2v) is 4.61. The van der Waals surface area contributed by atoms with Gasteiger partial charge < -0.3 is 5.32 Å². The van der Waals surface area contributed by atoms with E-state index in [9.17, 15) is 0 Å². The Bertz CT molecular complexity index is 259. The third-order valence-corrected chi connectivity index (χ3v) is 3.55. The Labute approximate surface area is 88.7 Å². The summed E-state index contributed by atoms with van der Waals surface area (Å²) in [6.07, 6.45) is 7.96. The van der Waals surface area contributed by atoms with Crippen LogP contribution in [0.5, 0.6) is 0 Å². The second kappa shape index (κ2) is 5.32. The molecular formula is C10H15N3S. The SMILES string of the molecule is c1cnc(SC[C@H]2CCCNC2)cn1. The van der Waals surface area contributed by atoms with Crippen LogP contribution in [0.15, 0.2) is 23.6 Å². The number of hydrogen-bond donors (Lipinski definition) is 1. The highest BCUT2D eigenvalue weighted by Gasteiger charge is 2.13. The van der Waals surface area contributed by atoms with E-state index in [1.807, 2.05) is 18.0 Å². The van der Waals surface area contributed by atoms with Gasteiger partial charge in [-0.1, -0.05) is 0 Å². The number of rotatable bonds is 3. The predicted molar refractivity (Wildman–Crippen MR) is 58.3 cm³/mol. The third kappa shape index (κ3) is 2.96. The summed E-state index contributed by atoms with van der Waals surface area (Å²) in [7, 11) is 0. The van der Waals surface area contributed by atoms with Crippen molar-refractivity contribution in [3.05, 3.63) is 18.6 Å². The zero-order chi connectivity index (χ0) is 9.64. The van der Waals surface area contributed by atoms with Gasteiger partial charge >= 0.3 is 0 Å². The first-order valence-corrected chi connectivity index (χ1v) is 6.03. The molecule has 0 unspecified atom stereocenters. The van der Waals surface area contributed by atoms with E-state index in [1.54, 1.807) is 12.4 Å². The number of nitrogens with one attached hydrogen (secondary N) is 1. The van der Waals surface area contributed by atoms with E-state index in [4.69, 9.17) is 0 Å². The number of aromatic nitrogens is 2. The van der Waals surface area contributed by atoms with Gasteiger partial charge in [0.1, 0.15) is 5.03 Å². The van der Waals surface area contributed by atoms with Crippen LogP contribution >= 0.6 is 11.8 Å². The maximum atomic E-state index is 4.24. The monoisotopic (exact) mass is 209 g/mol. The van der Waals surface area contributed by atoms with Crippen LogP contribution in [0, 0.1) is 5.92 Å². The molecule has 4 heteroatoms. The number of thioether (sulfide) groups is 1.